The number of likely N-dealkylation sites (N-methyl/N-ethyl adjacent to an activating group) is 1. The Kier molecular flexibility index (Phi) is 6.11. The van der Waals surface area contributed by atoms with Gasteiger partial charge in [0, 0.05) is 24.2 Å². The predicted molar refractivity (Wildman–Crippen MR) is 102 cm³/mol. The Morgan fingerprint density at radius 1 is 1.33 bits per heavy atom. The number of carboxylic acid groups (broad SMARTS) is 1. The molecule has 0 spiro atoms. The van der Waals surface area contributed by atoms with Gasteiger partial charge in [0.25, 0.3) is 0 Å². The van der Waals surface area contributed by atoms with Crippen LogP contribution >= 0.6 is 0 Å². The van der Waals surface area contributed by atoms with E-state index in [2.05, 4.69) is 10.6 Å². The molecule has 3 rings (SSSR count). The largest absolute Gasteiger partial charge is 0.480 e. The number of nitrogens with zero attached hydrogens (tertiary/aromatic N) is 1. The molecule has 1 saturated carbocycles. The molecule has 0 bridgehead atoms. The maximum absolute atomic E-state index is 12.1. The third-order valence-electron chi connectivity index (χ3n) is 5.40. The van der Waals surface area contributed by atoms with Gasteiger partial charge in [-0.25, -0.2) is 0 Å². The van der Waals surface area contributed by atoms with Crippen molar-refractivity contribution in [1.82, 2.24) is 10.2 Å². The zero-order valence-corrected chi connectivity index (χ0v) is 15.7. The molecule has 1 aliphatic carbocycles. The fourth-order valence-electron chi connectivity index (χ4n) is 3.87. The molecule has 1 aliphatic heterocycles. The number of aryl methyl sites for hydroxylation is 1. The van der Waals surface area contributed by atoms with Crippen molar-refractivity contribution >= 4 is 23.5 Å². The van der Waals surface area contributed by atoms with Crippen LogP contribution in [0.25, 0.3) is 0 Å². The molecule has 146 valence electrons. The molecule has 7 nitrogen and oxygen atoms in total. The number of nitrogens with one attached hydrogen (secondary N) is 2. The number of fused-ring (bicyclic) bond motifs is 1. The lowest BCUT2D eigenvalue weighted by Crippen LogP contribution is -2.54. The van der Waals surface area contributed by atoms with Crippen LogP contribution in [0.3, 0.4) is 0 Å². The quantitative estimate of drug-likeness (QED) is 0.610. The van der Waals surface area contributed by atoms with E-state index in [1.165, 1.54) is 0 Å². The molecule has 7 heteroatoms. The molecular weight excluding hydrogens is 346 g/mol. The Morgan fingerprint density at radius 3 is 2.81 bits per heavy atom. The Morgan fingerprint density at radius 2 is 2.11 bits per heavy atom. The topological polar surface area (TPSA) is 98.7 Å². The molecule has 1 aromatic carbocycles. The van der Waals surface area contributed by atoms with E-state index in [4.69, 9.17) is 5.11 Å². The highest BCUT2D eigenvalue weighted by molar-refractivity contribution is 5.99. The molecular formula is C20H27N3O4. The molecule has 27 heavy (non-hydrogen) atoms. The minimum absolute atomic E-state index is 0.0327. The molecule has 3 N–H and O–H groups in total. The van der Waals surface area contributed by atoms with Crippen molar-refractivity contribution in [3.05, 3.63) is 29.3 Å². The smallest absolute Gasteiger partial charge is 0.317 e. The van der Waals surface area contributed by atoms with Crippen LogP contribution in [-0.4, -0.2) is 53.0 Å². The SMILES string of the molecule is CCN(CC(=O)O)C1CC(NC(=O)CCCc2ccc3c(c2)CC(=O)N3)C1. The average Bonchev–Trinajstić information content (AvgIpc) is 2.95. The summed E-state index contributed by atoms with van der Waals surface area (Å²) < 4.78 is 0. The van der Waals surface area contributed by atoms with E-state index >= 15 is 0 Å². The van der Waals surface area contributed by atoms with Gasteiger partial charge in [0.1, 0.15) is 0 Å². The fourth-order valence-corrected chi connectivity index (χ4v) is 3.87. The van der Waals surface area contributed by atoms with Crippen molar-refractivity contribution in [2.75, 3.05) is 18.4 Å². The van der Waals surface area contributed by atoms with Crippen molar-refractivity contribution in [3.8, 4) is 0 Å². The minimum atomic E-state index is -0.809. The van der Waals surface area contributed by atoms with Gasteiger partial charge in [-0.1, -0.05) is 19.1 Å². The van der Waals surface area contributed by atoms with Crippen molar-refractivity contribution < 1.29 is 19.5 Å². The Labute approximate surface area is 159 Å². The van der Waals surface area contributed by atoms with Crippen LogP contribution < -0.4 is 10.6 Å². The zero-order chi connectivity index (χ0) is 19.4. The second kappa shape index (κ2) is 8.52. The van der Waals surface area contributed by atoms with E-state index in [9.17, 15) is 14.4 Å². The third-order valence-corrected chi connectivity index (χ3v) is 5.40. The molecule has 0 radical (unpaired) electrons. The predicted octanol–water partition coefficient (Wildman–Crippen LogP) is 1.56. The van der Waals surface area contributed by atoms with Gasteiger partial charge in [-0.05, 0) is 49.4 Å². The average molecular weight is 373 g/mol. The first-order valence-corrected chi connectivity index (χ1v) is 9.61. The van der Waals surface area contributed by atoms with Gasteiger partial charge in [0.05, 0.1) is 13.0 Å². The maximum atomic E-state index is 12.1. The van der Waals surface area contributed by atoms with Gasteiger partial charge in [0.15, 0.2) is 0 Å². The zero-order valence-electron chi connectivity index (χ0n) is 15.7. The van der Waals surface area contributed by atoms with Crippen LogP contribution in [0, 0.1) is 0 Å². The summed E-state index contributed by atoms with van der Waals surface area (Å²) in [6.07, 6.45) is 4.12. The number of hydrogen-bond donors (Lipinski definition) is 3. The van der Waals surface area contributed by atoms with E-state index < -0.39 is 5.97 Å². The molecule has 0 atom stereocenters. The number of amides is 2. The van der Waals surface area contributed by atoms with Crippen molar-refractivity contribution in [1.29, 1.82) is 0 Å². The summed E-state index contributed by atoms with van der Waals surface area (Å²) in [5, 5.41) is 14.8. The fraction of sp³-hybridized carbons (Fsp3) is 0.550. The van der Waals surface area contributed by atoms with Gasteiger partial charge in [0.2, 0.25) is 11.8 Å². The highest BCUT2D eigenvalue weighted by Crippen LogP contribution is 2.26. The number of aliphatic carboxylic acids is 1. The Balaban J connectivity index is 1.35. The lowest BCUT2D eigenvalue weighted by molar-refractivity contribution is -0.139. The minimum Gasteiger partial charge on any atom is -0.480 e. The first-order valence-electron chi connectivity index (χ1n) is 9.61. The molecule has 0 saturated heterocycles. The normalized spacial score (nSPS) is 20.7. The highest BCUT2D eigenvalue weighted by Gasteiger charge is 2.34. The molecule has 1 aromatic rings. The number of anilines is 1. The number of carbonyl (C=O) groups is 3. The van der Waals surface area contributed by atoms with E-state index in [-0.39, 0.29) is 30.4 Å². The summed E-state index contributed by atoms with van der Waals surface area (Å²) in [6.45, 7) is 2.73. The van der Waals surface area contributed by atoms with E-state index in [1.54, 1.807) is 0 Å². The molecule has 1 heterocycles. The summed E-state index contributed by atoms with van der Waals surface area (Å²) in [5.41, 5.74) is 3.07. The number of carboxylic acids is 1. The van der Waals surface area contributed by atoms with Crippen LogP contribution in [0.15, 0.2) is 18.2 Å². The first kappa shape index (κ1) is 19.4. The van der Waals surface area contributed by atoms with Gasteiger partial charge >= 0.3 is 5.97 Å². The summed E-state index contributed by atoms with van der Waals surface area (Å²) in [5.74, 6) is -0.723. The maximum Gasteiger partial charge on any atom is 0.317 e. The number of carbonyl (C=O) groups excluding carboxylic acids is 2. The first-order chi connectivity index (χ1) is 12.9. The standard InChI is InChI=1S/C20H27N3O4/c1-2-23(12-20(26)27)16-10-15(11-16)21-18(24)5-3-4-13-6-7-17-14(8-13)9-19(25)22-17/h6-8,15-16H,2-5,9-12H2,1H3,(H,21,24)(H,22,25)(H,26,27). The van der Waals surface area contributed by atoms with Gasteiger partial charge in [-0.15, -0.1) is 0 Å². The number of rotatable bonds is 9. The molecule has 0 aromatic heterocycles. The van der Waals surface area contributed by atoms with Crippen molar-refractivity contribution in [2.24, 2.45) is 0 Å². The summed E-state index contributed by atoms with van der Waals surface area (Å²) >= 11 is 0. The third kappa shape index (κ3) is 5.07. The lowest BCUT2D eigenvalue weighted by atomic mass is 9.85. The number of benzene rings is 1. The Bertz CT molecular complexity index is 728. The van der Waals surface area contributed by atoms with Crippen LogP contribution in [0.4, 0.5) is 5.69 Å². The molecule has 2 amide bonds. The monoisotopic (exact) mass is 373 g/mol. The van der Waals surface area contributed by atoms with Crippen molar-refractivity contribution in [2.45, 2.75) is 57.5 Å². The number of hydrogen-bond acceptors (Lipinski definition) is 4. The second-order valence-electron chi connectivity index (χ2n) is 7.42. The molecule has 2 aliphatic rings. The summed E-state index contributed by atoms with van der Waals surface area (Å²) in [6, 6.07) is 6.38. The molecule has 1 fully saturated rings. The van der Waals surface area contributed by atoms with E-state index in [0.717, 1.165) is 42.5 Å². The van der Waals surface area contributed by atoms with Crippen LogP contribution in [0.5, 0.6) is 0 Å². The summed E-state index contributed by atoms with van der Waals surface area (Å²) in [4.78, 5) is 36.3. The second-order valence-corrected chi connectivity index (χ2v) is 7.42. The van der Waals surface area contributed by atoms with E-state index in [0.29, 0.717) is 19.4 Å². The van der Waals surface area contributed by atoms with Gasteiger partial charge < -0.3 is 15.7 Å². The van der Waals surface area contributed by atoms with Gasteiger partial charge in [-0.3, -0.25) is 19.3 Å². The van der Waals surface area contributed by atoms with Crippen LogP contribution in [0.2, 0.25) is 0 Å². The van der Waals surface area contributed by atoms with Crippen molar-refractivity contribution in [3.63, 3.8) is 0 Å². The molecule has 0 unspecified atom stereocenters. The lowest BCUT2D eigenvalue weighted by Gasteiger charge is -2.42. The van der Waals surface area contributed by atoms with Crippen LogP contribution in [-0.2, 0) is 27.2 Å². The van der Waals surface area contributed by atoms with Crippen LogP contribution in [0.1, 0.15) is 43.7 Å². The van der Waals surface area contributed by atoms with E-state index in [1.807, 2.05) is 30.0 Å². The summed E-state index contributed by atoms with van der Waals surface area (Å²) in [7, 11) is 0. The van der Waals surface area contributed by atoms with Gasteiger partial charge in [-0.2, -0.15) is 0 Å². The highest BCUT2D eigenvalue weighted by atomic mass is 16.4. The Hall–Kier alpha value is -2.41.